The summed E-state index contributed by atoms with van der Waals surface area (Å²) in [6.07, 6.45) is 1.45. The average molecular weight is 272 g/mol. The Bertz CT molecular complexity index is 623. The number of pyridine rings is 1. The highest BCUT2D eigenvalue weighted by atomic mass is 16.5. The maximum Gasteiger partial charge on any atom is 0.336 e. The van der Waals surface area contributed by atoms with E-state index in [9.17, 15) is 0 Å². The fourth-order valence-electron chi connectivity index (χ4n) is 1.61. The van der Waals surface area contributed by atoms with Gasteiger partial charge in [-0.05, 0) is 32.9 Å². The summed E-state index contributed by atoms with van der Waals surface area (Å²) in [5.41, 5.74) is 6.37. The first-order chi connectivity index (χ1) is 9.51. The van der Waals surface area contributed by atoms with Gasteiger partial charge in [-0.25, -0.2) is 4.98 Å². The molecule has 0 aliphatic heterocycles. The summed E-state index contributed by atoms with van der Waals surface area (Å²) in [6.45, 7) is 5.60. The molecule has 2 N–H and O–H groups in total. The zero-order chi connectivity index (χ0) is 14.7. The van der Waals surface area contributed by atoms with Crippen LogP contribution in [0.5, 0.6) is 6.01 Å². The van der Waals surface area contributed by atoms with Gasteiger partial charge < -0.3 is 10.5 Å². The van der Waals surface area contributed by atoms with E-state index in [4.69, 9.17) is 15.7 Å². The predicted molar refractivity (Wildman–Crippen MR) is 72.2 cm³/mol. The zero-order valence-electron chi connectivity index (χ0n) is 11.6. The molecule has 0 saturated carbocycles. The third kappa shape index (κ3) is 2.92. The molecule has 0 aliphatic carbocycles. The third-order valence-corrected chi connectivity index (χ3v) is 2.46. The Kier molecular flexibility index (Phi) is 3.96. The summed E-state index contributed by atoms with van der Waals surface area (Å²) < 4.78 is 7.00. The van der Waals surface area contributed by atoms with Crippen LogP contribution in [0.2, 0.25) is 0 Å². The van der Waals surface area contributed by atoms with Crippen molar-refractivity contribution < 1.29 is 4.74 Å². The molecular weight excluding hydrogens is 256 g/mol. The molecule has 0 amide bonds. The number of nitriles is 1. The van der Waals surface area contributed by atoms with Crippen molar-refractivity contribution in [3.05, 3.63) is 29.7 Å². The second-order valence-electron chi connectivity index (χ2n) is 4.64. The van der Waals surface area contributed by atoms with Crippen LogP contribution < -0.4 is 10.5 Å². The lowest BCUT2D eigenvalue weighted by Gasteiger charge is -2.06. The standard InChI is InChI=1S/C13H16N6O/c1-8(2)20-13-17-12(9(3)15)19(18-13)11-5-4-10(6-14)7-16-11/h4-5,7-9H,15H2,1-3H3/t9-/m0/s1. The molecule has 0 saturated heterocycles. The lowest BCUT2D eigenvalue weighted by molar-refractivity contribution is 0.222. The van der Waals surface area contributed by atoms with Crippen molar-refractivity contribution >= 4 is 0 Å². The van der Waals surface area contributed by atoms with Crippen LogP contribution in [0.4, 0.5) is 0 Å². The van der Waals surface area contributed by atoms with Crippen LogP contribution in [0.1, 0.15) is 38.2 Å². The fraction of sp³-hybridized carbons (Fsp3) is 0.385. The molecule has 0 unspecified atom stereocenters. The maximum absolute atomic E-state index is 8.78. The van der Waals surface area contributed by atoms with Crippen molar-refractivity contribution in [1.82, 2.24) is 19.7 Å². The minimum atomic E-state index is -0.315. The van der Waals surface area contributed by atoms with Gasteiger partial charge in [-0.3, -0.25) is 0 Å². The molecule has 0 bridgehead atoms. The Morgan fingerprint density at radius 2 is 2.10 bits per heavy atom. The van der Waals surface area contributed by atoms with E-state index in [1.807, 2.05) is 26.8 Å². The number of rotatable bonds is 4. The minimum absolute atomic E-state index is 0.0271. The van der Waals surface area contributed by atoms with Crippen molar-refractivity contribution in [2.24, 2.45) is 5.73 Å². The van der Waals surface area contributed by atoms with Crippen LogP contribution in [0.25, 0.3) is 5.82 Å². The predicted octanol–water partition coefficient (Wildman–Crippen LogP) is 1.34. The molecule has 0 spiro atoms. The molecule has 20 heavy (non-hydrogen) atoms. The first-order valence-corrected chi connectivity index (χ1v) is 6.27. The second kappa shape index (κ2) is 5.67. The molecule has 0 aromatic carbocycles. The van der Waals surface area contributed by atoms with Crippen molar-refractivity contribution in [3.8, 4) is 17.9 Å². The van der Waals surface area contributed by atoms with Crippen LogP contribution in [-0.4, -0.2) is 25.9 Å². The van der Waals surface area contributed by atoms with E-state index in [1.165, 1.54) is 10.9 Å². The number of hydrogen-bond donors (Lipinski definition) is 1. The molecule has 2 heterocycles. The first-order valence-electron chi connectivity index (χ1n) is 6.27. The quantitative estimate of drug-likeness (QED) is 0.900. The Labute approximate surface area is 117 Å². The Morgan fingerprint density at radius 1 is 1.35 bits per heavy atom. The number of nitrogens with two attached hydrogens (primary N) is 1. The van der Waals surface area contributed by atoms with Gasteiger partial charge in [0.25, 0.3) is 0 Å². The van der Waals surface area contributed by atoms with E-state index >= 15 is 0 Å². The lowest BCUT2D eigenvalue weighted by Crippen LogP contribution is -2.14. The van der Waals surface area contributed by atoms with Gasteiger partial charge in [0.2, 0.25) is 0 Å². The molecule has 2 aromatic rings. The van der Waals surface area contributed by atoms with Crippen molar-refractivity contribution in [1.29, 1.82) is 5.26 Å². The highest BCUT2D eigenvalue weighted by Gasteiger charge is 2.17. The molecular formula is C13H16N6O. The molecule has 0 aliphatic rings. The number of ether oxygens (including phenoxy) is 1. The molecule has 2 aromatic heterocycles. The van der Waals surface area contributed by atoms with E-state index < -0.39 is 0 Å². The van der Waals surface area contributed by atoms with E-state index in [0.717, 1.165) is 0 Å². The van der Waals surface area contributed by atoms with Crippen molar-refractivity contribution in [3.63, 3.8) is 0 Å². The van der Waals surface area contributed by atoms with E-state index in [0.29, 0.717) is 17.2 Å². The molecule has 2 rings (SSSR count). The Hall–Kier alpha value is -2.46. The van der Waals surface area contributed by atoms with Crippen molar-refractivity contribution in [2.45, 2.75) is 32.9 Å². The highest BCUT2D eigenvalue weighted by Crippen LogP contribution is 2.17. The molecule has 104 valence electrons. The lowest BCUT2D eigenvalue weighted by atomic mass is 10.3. The van der Waals surface area contributed by atoms with Gasteiger partial charge in [0.05, 0.1) is 17.7 Å². The van der Waals surface area contributed by atoms with E-state index in [2.05, 4.69) is 15.1 Å². The molecule has 0 fully saturated rings. The largest absolute Gasteiger partial charge is 0.460 e. The summed E-state index contributed by atoms with van der Waals surface area (Å²) in [5, 5.41) is 13.0. The fourth-order valence-corrected chi connectivity index (χ4v) is 1.61. The summed E-state index contributed by atoms with van der Waals surface area (Å²) >= 11 is 0. The third-order valence-electron chi connectivity index (χ3n) is 2.46. The SMILES string of the molecule is CC(C)Oc1nc([C@H](C)N)n(-c2ccc(C#N)cn2)n1. The summed E-state index contributed by atoms with van der Waals surface area (Å²) in [5.74, 6) is 1.10. The van der Waals surface area contributed by atoms with Crippen LogP contribution >= 0.6 is 0 Å². The van der Waals surface area contributed by atoms with Crippen molar-refractivity contribution in [2.75, 3.05) is 0 Å². The molecule has 0 radical (unpaired) electrons. The van der Waals surface area contributed by atoms with Gasteiger partial charge in [0.1, 0.15) is 6.07 Å². The van der Waals surface area contributed by atoms with Gasteiger partial charge in [-0.15, -0.1) is 5.10 Å². The molecule has 1 atom stereocenters. The van der Waals surface area contributed by atoms with Crippen LogP contribution in [-0.2, 0) is 0 Å². The van der Waals surface area contributed by atoms with Gasteiger partial charge in [-0.2, -0.15) is 14.9 Å². The van der Waals surface area contributed by atoms with Gasteiger partial charge in [-0.1, -0.05) is 0 Å². The second-order valence-corrected chi connectivity index (χ2v) is 4.64. The molecule has 7 heteroatoms. The average Bonchev–Trinajstić information content (AvgIpc) is 2.82. The topological polar surface area (TPSA) is 103 Å². The summed E-state index contributed by atoms with van der Waals surface area (Å²) in [6, 6.07) is 5.32. The first kappa shape index (κ1) is 14.0. The Morgan fingerprint density at radius 3 is 2.60 bits per heavy atom. The van der Waals surface area contributed by atoms with Crippen LogP contribution in [0, 0.1) is 11.3 Å². The van der Waals surface area contributed by atoms with E-state index in [1.54, 1.807) is 12.1 Å². The van der Waals surface area contributed by atoms with Crippen LogP contribution in [0.15, 0.2) is 18.3 Å². The highest BCUT2D eigenvalue weighted by molar-refractivity contribution is 5.32. The van der Waals surface area contributed by atoms with Gasteiger partial charge in [0.15, 0.2) is 11.6 Å². The smallest absolute Gasteiger partial charge is 0.336 e. The van der Waals surface area contributed by atoms with Gasteiger partial charge >= 0.3 is 6.01 Å². The minimum Gasteiger partial charge on any atom is -0.460 e. The van der Waals surface area contributed by atoms with E-state index in [-0.39, 0.29) is 18.2 Å². The zero-order valence-corrected chi connectivity index (χ0v) is 11.6. The number of hydrogen-bond acceptors (Lipinski definition) is 6. The van der Waals surface area contributed by atoms with Gasteiger partial charge in [0, 0.05) is 6.20 Å². The normalized spacial score (nSPS) is 12.2. The Balaban J connectivity index is 2.42. The maximum atomic E-state index is 8.78. The number of nitrogens with zero attached hydrogens (tertiary/aromatic N) is 5. The monoisotopic (exact) mass is 272 g/mol. The number of aromatic nitrogens is 4. The summed E-state index contributed by atoms with van der Waals surface area (Å²) in [4.78, 5) is 8.45. The molecule has 7 nitrogen and oxygen atoms in total. The summed E-state index contributed by atoms with van der Waals surface area (Å²) in [7, 11) is 0. The van der Waals surface area contributed by atoms with Crippen LogP contribution in [0.3, 0.4) is 0 Å².